The molecule has 0 aromatic heterocycles. The summed E-state index contributed by atoms with van der Waals surface area (Å²) < 4.78 is 0. The number of anilines is 2. The summed E-state index contributed by atoms with van der Waals surface area (Å²) in [4.78, 5) is 74.9. The summed E-state index contributed by atoms with van der Waals surface area (Å²) in [6, 6.07) is 13.2. The third-order valence-corrected chi connectivity index (χ3v) is 7.68. The first-order chi connectivity index (χ1) is 21.1. The van der Waals surface area contributed by atoms with E-state index in [0.717, 1.165) is 11.1 Å². The molecule has 2 saturated heterocycles. The van der Waals surface area contributed by atoms with E-state index in [2.05, 4.69) is 10.6 Å². The standard InChI is InChI=1S/C32H36N4O8/c37-27(15-17-29(39)40)35-19-1-3-25(35)31(43)33-23-11-7-21(8-12-23)5-6-22-9-13-24(14-10-22)34-32(44)26-4-2-20-36(26)28(38)16-18-30(41)42/h5-14,25-26H,1-4,15-20H2,(H,33,43)(H,34,44)(H,39,40)(H,41,42)/b6-5+/t25-,26-/m0/s1. The molecule has 4 amide bonds. The van der Waals surface area contributed by atoms with Crippen LogP contribution in [0.25, 0.3) is 12.2 Å². The maximum Gasteiger partial charge on any atom is 0.303 e. The molecule has 44 heavy (non-hydrogen) atoms. The lowest BCUT2D eigenvalue weighted by Crippen LogP contribution is -2.43. The predicted molar refractivity (Wildman–Crippen MR) is 162 cm³/mol. The number of carboxylic acids is 2. The van der Waals surface area contributed by atoms with Crippen molar-refractivity contribution in [2.24, 2.45) is 0 Å². The van der Waals surface area contributed by atoms with Crippen LogP contribution in [0.15, 0.2) is 48.5 Å². The second-order valence-electron chi connectivity index (χ2n) is 10.8. The number of nitrogens with one attached hydrogen (secondary N) is 2. The van der Waals surface area contributed by atoms with E-state index in [4.69, 9.17) is 10.2 Å². The molecule has 0 aliphatic carbocycles. The SMILES string of the molecule is O=C(O)CCC(=O)N1CCC[C@H]1C(=O)Nc1ccc(/C=C/c2ccc(NC(=O)[C@@H]3CCCN3C(=O)CCC(=O)O)cc2)cc1. The Hall–Kier alpha value is -5.00. The number of hydrogen-bond acceptors (Lipinski definition) is 6. The van der Waals surface area contributed by atoms with Crippen LogP contribution in [-0.4, -0.2) is 80.8 Å². The Kier molecular flexibility index (Phi) is 10.8. The molecular weight excluding hydrogens is 568 g/mol. The van der Waals surface area contributed by atoms with E-state index < -0.39 is 24.0 Å². The average Bonchev–Trinajstić information content (AvgIpc) is 3.70. The van der Waals surface area contributed by atoms with Crippen LogP contribution in [0, 0.1) is 0 Å². The van der Waals surface area contributed by atoms with Gasteiger partial charge in [-0.25, -0.2) is 0 Å². The van der Waals surface area contributed by atoms with Crippen molar-refractivity contribution in [1.82, 2.24) is 9.80 Å². The second kappa shape index (κ2) is 14.9. The largest absolute Gasteiger partial charge is 0.481 e. The van der Waals surface area contributed by atoms with Gasteiger partial charge in [0, 0.05) is 37.3 Å². The molecule has 0 unspecified atom stereocenters. The van der Waals surface area contributed by atoms with Crippen LogP contribution in [0.4, 0.5) is 11.4 Å². The number of nitrogens with zero attached hydrogens (tertiary/aromatic N) is 2. The molecule has 2 aliphatic heterocycles. The second-order valence-corrected chi connectivity index (χ2v) is 10.8. The summed E-state index contributed by atoms with van der Waals surface area (Å²) in [5, 5.41) is 23.3. The fourth-order valence-corrected chi connectivity index (χ4v) is 5.39. The van der Waals surface area contributed by atoms with Crippen LogP contribution in [0.3, 0.4) is 0 Å². The zero-order valence-corrected chi connectivity index (χ0v) is 24.2. The first-order valence-electron chi connectivity index (χ1n) is 14.6. The van der Waals surface area contributed by atoms with Crippen molar-refractivity contribution in [2.45, 2.75) is 63.5 Å². The average molecular weight is 605 g/mol. The van der Waals surface area contributed by atoms with Crippen molar-refractivity contribution >= 4 is 59.1 Å². The fourth-order valence-electron chi connectivity index (χ4n) is 5.39. The predicted octanol–water partition coefficient (Wildman–Crippen LogP) is 3.45. The summed E-state index contributed by atoms with van der Waals surface area (Å²) in [6.45, 7) is 0.869. The van der Waals surface area contributed by atoms with Gasteiger partial charge in [0.15, 0.2) is 0 Å². The summed E-state index contributed by atoms with van der Waals surface area (Å²) in [5.41, 5.74) is 2.95. The van der Waals surface area contributed by atoms with Crippen LogP contribution < -0.4 is 10.6 Å². The van der Waals surface area contributed by atoms with Crippen LogP contribution >= 0.6 is 0 Å². The number of carbonyl (C=O) groups is 6. The fraction of sp³-hybridized carbons (Fsp3) is 0.375. The molecule has 0 spiro atoms. The third-order valence-electron chi connectivity index (χ3n) is 7.68. The Labute approximate surface area is 254 Å². The van der Waals surface area contributed by atoms with Crippen molar-refractivity contribution in [3.63, 3.8) is 0 Å². The molecule has 0 radical (unpaired) electrons. The Bertz CT molecular complexity index is 1310. The number of aliphatic carboxylic acids is 2. The molecule has 4 rings (SSSR count). The summed E-state index contributed by atoms with van der Waals surface area (Å²) in [6.07, 6.45) is 5.45. The monoisotopic (exact) mass is 604 g/mol. The maximum absolute atomic E-state index is 12.8. The van der Waals surface area contributed by atoms with Gasteiger partial charge in [-0.1, -0.05) is 36.4 Å². The highest BCUT2D eigenvalue weighted by molar-refractivity contribution is 5.98. The molecule has 12 heteroatoms. The molecule has 0 bridgehead atoms. The molecule has 232 valence electrons. The van der Waals surface area contributed by atoms with Crippen LogP contribution in [0.2, 0.25) is 0 Å². The van der Waals surface area contributed by atoms with E-state index in [1.807, 2.05) is 36.4 Å². The minimum Gasteiger partial charge on any atom is -0.481 e. The van der Waals surface area contributed by atoms with Crippen LogP contribution in [-0.2, 0) is 28.8 Å². The van der Waals surface area contributed by atoms with Gasteiger partial charge in [-0.15, -0.1) is 0 Å². The van der Waals surface area contributed by atoms with E-state index in [-0.39, 0.29) is 49.3 Å². The molecule has 12 nitrogen and oxygen atoms in total. The zero-order valence-electron chi connectivity index (χ0n) is 24.2. The van der Waals surface area contributed by atoms with Crippen LogP contribution in [0.5, 0.6) is 0 Å². The lowest BCUT2D eigenvalue weighted by atomic mass is 10.1. The van der Waals surface area contributed by atoms with Crippen molar-refractivity contribution in [3.05, 3.63) is 59.7 Å². The molecule has 2 aromatic carbocycles. The van der Waals surface area contributed by atoms with Crippen molar-refractivity contribution in [1.29, 1.82) is 0 Å². The van der Waals surface area contributed by atoms with Gasteiger partial charge < -0.3 is 30.6 Å². The molecule has 4 N–H and O–H groups in total. The number of benzene rings is 2. The number of likely N-dealkylation sites (tertiary alicyclic amines) is 2. The van der Waals surface area contributed by atoms with Gasteiger partial charge in [0.2, 0.25) is 23.6 Å². The van der Waals surface area contributed by atoms with E-state index in [9.17, 15) is 28.8 Å². The lowest BCUT2D eigenvalue weighted by Gasteiger charge is -2.23. The first kappa shape index (κ1) is 31.9. The summed E-state index contributed by atoms with van der Waals surface area (Å²) in [5.74, 6) is -3.36. The number of rotatable bonds is 12. The molecule has 2 atom stereocenters. The highest BCUT2D eigenvalue weighted by atomic mass is 16.4. The van der Waals surface area contributed by atoms with Crippen molar-refractivity contribution in [3.8, 4) is 0 Å². The summed E-state index contributed by atoms with van der Waals surface area (Å²) >= 11 is 0. The van der Waals surface area contributed by atoms with Crippen molar-refractivity contribution in [2.75, 3.05) is 23.7 Å². The highest BCUT2D eigenvalue weighted by Crippen LogP contribution is 2.23. The Morgan fingerprint density at radius 3 is 1.32 bits per heavy atom. The van der Waals surface area contributed by atoms with E-state index in [1.54, 1.807) is 24.3 Å². The summed E-state index contributed by atoms with van der Waals surface area (Å²) in [7, 11) is 0. The number of amides is 4. The first-order valence-corrected chi connectivity index (χ1v) is 14.6. The Balaban J connectivity index is 1.27. The number of carbonyl (C=O) groups excluding carboxylic acids is 4. The van der Waals surface area contributed by atoms with Crippen molar-refractivity contribution < 1.29 is 39.0 Å². The molecule has 2 heterocycles. The topological polar surface area (TPSA) is 173 Å². The lowest BCUT2D eigenvalue weighted by molar-refractivity contribution is -0.142. The van der Waals surface area contributed by atoms with Gasteiger partial charge in [-0.2, -0.15) is 0 Å². The minimum atomic E-state index is -1.05. The molecule has 2 aromatic rings. The third kappa shape index (κ3) is 8.76. The zero-order chi connectivity index (χ0) is 31.6. The van der Waals surface area contributed by atoms with Gasteiger partial charge in [-0.05, 0) is 61.1 Å². The molecule has 2 fully saturated rings. The highest BCUT2D eigenvalue weighted by Gasteiger charge is 2.35. The smallest absolute Gasteiger partial charge is 0.303 e. The molecular formula is C32H36N4O8. The number of carboxylic acid groups (broad SMARTS) is 2. The van der Waals surface area contributed by atoms with Gasteiger partial charge >= 0.3 is 11.9 Å². The molecule has 0 saturated carbocycles. The normalized spacial score (nSPS) is 17.9. The maximum atomic E-state index is 12.8. The van der Waals surface area contributed by atoms with Gasteiger partial charge in [-0.3, -0.25) is 28.8 Å². The molecule has 2 aliphatic rings. The van der Waals surface area contributed by atoms with E-state index in [1.165, 1.54) is 9.80 Å². The van der Waals surface area contributed by atoms with E-state index >= 15 is 0 Å². The van der Waals surface area contributed by atoms with Gasteiger partial charge in [0.25, 0.3) is 0 Å². The minimum absolute atomic E-state index is 0.129. The number of hydrogen-bond donors (Lipinski definition) is 4. The Morgan fingerprint density at radius 2 is 0.977 bits per heavy atom. The van der Waals surface area contributed by atoms with Crippen LogP contribution in [0.1, 0.15) is 62.5 Å². The van der Waals surface area contributed by atoms with E-state index in [0.29, 0.717) is 50.1 Å². The van der Waals surface area contributed by atoms with Gasteiger partial charge in [0.1, 0.15) is 12.1 Å². The van der Waals surface area contributed by atoms with Gasteiger partial charge in [0.05, 0.1) is 12.8 Å². The Morgan fingerprint density at radius 1 is 0.614 bits per heavy atom. The quantitative estimate of drug-likeness (QED) is 0.267.